The van der Waals surface area contributed by atoms with Crippen molar-refractivity contribution < 1.29 is 49.5 Å². The third-order valence-electron chi connectivity index (χ3n) is 5.96. The molecule has 0 bridgehead atoms. The van der Waals surface area contributed by atoms with Crippen molar-refractivity contribution in [3.8, 4) is 0 Å². The van der Waals surface area contributed by atoms with E-state index in [1.54, 1.807) is 65.8 Å². The van der Waals surface area contributed by atoms with Crippen molar-refractivity contribution in [2.24, 2.45) is 11.8 Å². The molecule has 5 heteroatoms. The molecule has 0 amide bonds. The van der Waals surface area contributed by atoms with Gasteiger partial charge in [-0.2, -0.15) is 0 Å². The minimum atomic E-state index is 0. The van der Waals surface area contributed by atoms with E-state index in [1.807, 2.05) is 0 Å². The molecule has 0 radical (unpaired) electrons. The van der Waals surface area contributed by atoms with E-state index in [4.69, 9.17) is 0 Å². The summed E-state index contributed by atoms with van der Waals surface area (Å²) in [7, 11) is 0.750. The molecule has 2 saturated heterocycles. The standard InChI is InChI=1S/2C8H18Si.C5H5.2ClH.Zr/c2*1-7(2)8-5-3-4-6-9-8;1-2-4-5-3-1;;;/h2*7-8H,3-6,9H2,1-2H3;1-3H,4H2;2*1H;/q;;;;;+2/p-2. The Labute approximate surface area is 196 Å². The van der Waals surface area contributed by atoms with Gasteiger partial charge < -0.3 is 24.8 Å². The van der Waals surface area contributed by atoms with Gasteiger partial charge in [-0.25, -0.2) is 0 Å². The molecular weight excluding hydrogens is 471 g/mol. The van der Waals surface area contributed by atoms with E-state index in [0.29, 0.717) is 19.0 Å². The monoisotopic (exact) mass is 509 g/mol. The molecule has 3 rings (SSSR count). The van der Waals surface area contributed by atoms with Gasteiger partial charge >= 0.3 is 52.6 Å². The molecule has 0 N–H and O–H groups in total. The molecule has 0 nitrogen and oxygen atoms in total. The first-order valence-electron chi connectivity index (χ1n) is 10.6. The Morgan fingerprint density at radius 2 is 1.31 bits per heavy atom. The van der Waals surface area contributed by atoms with Crippen LogP contribution in [0.2, 0.25) is 23.2 Å². The molecule has 2 heterocycles. The predicted molar refractivity (Wildman–Crippen MR) is 113 cm³/mol. The second-order valence-electron chi connectivity index (χ2n) is 8.61. The summed E-state index contributed by atoms with van der Waals surface area (Å²) in [6.07, 6.45) is 17.0. The van der Waals surface area contributed by atoms with Crippen LogP contribution in [0, 0.1) is 11.8 Å². The van der Waals surface area contributed by atoms with E-state index in [9.17, 15) is 0 Å². The molecule has 0 aromatic heterocycles. The average Bonchev–Trinajstić information content (AvgIpc) is 3.08. The molecule has 1 aliphatic carbocycles. The topological polar surface area (TPSA) is 0 Å². The summed E-state index contributed by atoms with van der Waals surface area (Å²) in [6.45, 7) is 9.57. The first kappa shape index (κ1) is 29.6. The zero-order chi connectivity index (χ0) is 17.8. The molecule has 0 saturated carbocycles. The molecule has 0 aromatic rings. The molecule has 2 fully saturated rings. The van der Waals surface area contributed by atoms with E-state index in [0.717, 1.165) is 11.8 Å². The van der Waals surface area contributed by atoms with Crippen LogP contribution in [0.5, 0.6) is 0 Å². The van der Waals surface area contributed by atoms with Gasteiger partial charge in [0.25, 0.3) is 0 Å². The summed E-state index contributed by atoms with van der Waals surface area (Å²) in [4.78, 5) is 0. The number of hydrogen-bond donors (Lipinski definition) is 0. The predicted octanol–water partition coefficient (Wildman–Crippen LogP) is -0.211. The van der Waals surface area contributed by atoms with Gasteiger partial charge in [0.05, 0.1) is 0 Å². The average molecular weight is 512 g/mol. The summed E-state index contributed by atoms with van der Waals surface area (Å²) >= 11 is 1.56. The van der Waals surface area contributed by atoms with Crippen LogP contribution < -0.4 is 24.8 Å². The quantitative estimate of drug-likeness (QED) is 0.450. The van der Waals surface area contributed by atoms with Gasteiger partial charge in [0.2, 0.25) is 0 Å². The van der Waals surface area contributed by atoms with E-state index >= 15 is 0 Å². The van der Waals surface area contributed by atoms with Gasteiger partial charge in [-0.05, 0) is 22.9 Å². The molecule has 26 heavy (non-hydrogen) atoms. The summed E-state index contributed by atoms with van der Waals surface area (Å²) in [5.41, 5.74) is 2.39. The van der Waals surface area contributed by atoms with Gasteiger partial charge in [0.15, 0.2) is 0 Å². The Morgan fingerprint density at radius 1 is 0.846 bits per heavy atom. The molecule has 0 aromatic carbocycles. The van der Waals surface area contributed by atoms with Gasteiger partial charge in [-0.1, -0.05) is 78.3 Å². The number of rotatable bonds is 2. The van der Waals surface area contributed by atoms with Crippen molar-refractivity contribution in [3.63, 3.8) is 0 Å². The first-order chi connectivity index (χ1) is 11.5. The maximum absolute atomic E-state index is 2.39. The van der Waals surface area contributed by atoms with E-state index in [2.05, 4.69) is 45.9 Å². The van der Waals surface area contributed by atoms with Crippen molar-refractivity contribution in [3.05, 3.63) is 21.5 Å². The Hall–Kier alpha value is 1.38. The Bertz CT molecular complexity index is 350. The SMILES string of the molecule is CC(C)C1CCCC[SiH2]1.CC(C)C1CCCC[SiH2]1.[Cl-].[Cl-].[Zr+2][C]1=CC=CC1. The molecule has 2 unspecified atom stereocenters. The Kier molecular flexibility index (Phi) is 20.9. The zero-order valence-electron chi connectivity index (χ0n) is 17.6. The molecule has 0 spiro atoms. The Morgan fingerprint density at radius 3 is 1.46 bits per heavy atom. The zero-order valence-corrected chi connectivity index (χ0v) is 24.4. The van der Waals surface area contributed by atoms with Crippen LogP contribution in [0.4, 0.5) is 0 Å². The third kappa shape index (κ3) is 14.4. The van der Waals surface area contributed by atoms with Crippen LogP contribution in [0.15, 0.2) is 21.5 Å². The molecular formula is C21H41Cl2Si2Zr. The molecule has 2 aliphatic heterocycles. The van der Waals surface area contributed by atoms with Crippen molar-refractivity contribution in [1.82, 2.24) is 0 Å². The van der Waals surface area contributed by atoms with Gasteiger partial charge in [0, 0.05) is 19.0 Å². The van der Waals surface area contributed by atoms with Gasteiger partial charge in [-0.3, -0.25) is 0 Å². The van der Waals surface area contributed by atoms with Crippen LogP contribution in [0.1, 0.15) is 72.6 Å². The summed E-state index contributed by atoms with van der Waals surface area (Å²) in [5, 5.41) is 0. The van der Waals surface area contributed by atoms with Gasteiger partial charge in [0.1, 0.15) is 0 Å². The normalized spacial score (nSPS) is 26.2. The third-order valence-corrected chi connectivity index (χ3v) is 12.9. The second kappa shape index (κ2) is 18.4. The van der Waals surface area contributed by atoms with Crippen LogP contribution in [-0.4, -0.2) is 19.0 Å². The second-order valence-corrected chi connectivity index (χ2v) is 14.9. The molecule has 151 valence electrons. The summed E-state index contributed by atoms with van der Waals surface area (Å²) < 4.78 is 1.56. The van der Waals surface area contributed by atoms with E-state index in [-0.39, 0.29) is 24.8 Å². The minimum absolute atomic E-state index is 0. The fourth-order valence-electron chi connectivity index (χ4n) is 4.05. The van der Waals surface area contributed by atoms with Crippen LogP contribution in [-0.2, 0) is 24.7 Å². The van der Waals surface area contributed by atoms with Crippen LogP contribution in [0.25, 0.3) is 0 Å². The van der Waals surface area contributed by atoms with E-state index in [1.165, 1.54) is 30.3 Å². The van der Waals surface area contributed by atoms with Crippen molar-refractivity contribution in [1.29, 1.82) is 0 Å². The summed E-state index contributed by atoms with van der Waals surface area (Å²) in [5.74, 6) is 1.99. The van der Waals surface area contributed by atoms with Crippen LogP contribution >= 0.6 is 0 Å². The van der Waals surface area contributed by atoms with Crippen molar-refractivity contribution >= 4 is 19.0 Å². The number of allylic oxidation sites excluding steroid dienone is 4. The number of hydrogen-bond acceptors (Lipinski definition) is 0. The maximum atomic E-state index is 2.39. The number of halogens is 2. The van der Waals surface area contributed by atoms with Crippen molar-refractivity contribution in [2.45, 2.75) is 95.8 Å². The van der Waals surface area contributed by atoms with Crippen molar-refractivity contribution in [2.75, 3.05) is 0 Å². The fraction of sp³-hybridized carbons (Fsp3) is 0.810. The van der Waals surface area contributed by atoms with E-state index < -0.39 is 0 Å². The fourth-order valence-corrected chi connectivity index (χ4v) is 9.40. The molecule has 2 atom stereocenters. The first-order valence-corrected chi connectivity index (χ1v) is 15.4. The van der Waals surface area contributed by atoms with Crippen LogP contribution in [0.3, 0.4) is 0 Å². The Balaban J connectivity index is 0. The summed E-state index contributed by atoms with van der Waals surface area (Å²) in [6, 6.07) is 3.26. The molecule has 3 aliphatic rings. The van der Waals surface area contributed by atoms with Gasteiger partial charge in [-0.15, -0.1) is 0 Å².